The van der Waals surface area contributed by atoms with Gasteiger partial charge in [-0.25, -0.2) is 0 Å². The first-order valence-electron chi connectivity index (χ1n) is 8.62. The summed E-state index contributed by atoms with van der Waals surface area (Å²) in [6.07, 6.45) is 0.105. The van der Waals surface area contributed by atoms with Crippen molar-refractivity contribution >= 4 is 40.7 Å². The molecule has 0 aromatic heterocycles. The Morgan fingerprint density at radius 2 is 1.81 bits per heavy atom. The molecule has 1 N–H and O–H groups in total. The summed E-state index contributed by atoms with van der Waals surface area (Å²) in [5.74, 6) is -0.654. The van der Waals surface area contributed by atoms with Gasteiger partial charge in [0.1, 0.15) is 6.54 Å². The fourth-order valence-corrected chi connectivity index (χ4v) is 3.16. The molecular weight excluding hydrogens is 366 g/mol. The van der Waals surface area contributed by atoms with Crippen LogP contribution in [-0.4, -0.2) is 36.2 Å². The van der Waals surface area contributed by atoms with Gasteiger partial charge < -0.3 is 15.1 Å². The minimum absolute atomic E-state index is 0.0350. The van der Waals surface area contributed by atoms with E-state index in [1.165, 1.54) is 4.90 Å². The number of rotatable bonds is 5. The molecule has 6 nitrogen and oxygen atoms in total. The number of nitrogens with one attached hydrogen (secondary N) is 1. The number of anilines is 2. The molecule has 2 aromatic carbocycles. The van der Waals surface area contributed by atoms with E-state index in [1.807, 2.05) is 18.2 Å². The maximum Gasteiger partial charge on any atom is 0.244 e. The van der Waals surface area contributed by atoms with Crippen LogP contribution in [0.15, 0.2) is 48.5 Å². The Balaban J connectivity index is 1.60. The second-order valence-electron chi connectivity index (χ2n) is 6.39. The summed E-state index contributed by atoms with van der Waals surface area (Å²) in [5, 5.41) is 3.34. The Kier molecular flexibility index (Phi) is 5.76. The number of carbonyl (C=O) groups excluding carboxylic acids is 3. The van der Waals surface area contributed by atoms with Gasteiger partial charge in [-0.15, -0.1) is 0 Å². The molecule has 0 atom stereocenters. The third kappa shape index (κ3) is 4.46. The van der Waals surface area contributed by atoms with Crippen LogP contribution in [-0.2, 0) is 20.9 Å². The molecule has 0 aliphatic carbocycles. The number of nitrogens with zero attached hydrogens (tertiary/aromatic N) is 2. The summed E-state index contributed by atoms with van der Waals surface area (Å²) in [7, 11) is 1.68. The quantitative estimate of drug-likeness (QED) is 0.859. The largest absolute Gasteiger partial charge is 0.341 e. The van der Waals surface area contributed by atoms with Gasteiger partial charge in [-0.3, -0.25) is 14.4 Å². The normalized spacial score (nSPS) is 13.0. The lowest BCUT2D eigenvalue weighted by atomic mass is 10.1. The zero-order chi connectivity index (χ0) is 19.4. The number of para-hydroxylation sites is 2. The Bertz CT molecular complexity index is 884. The first-order valence-corrected chi connectivity index (χ1v) is 9.00. The third-order valence-electron chi connectivity index (χ3n) is 4.42. The molecule has 1 aliphatic heterocycles. The van der Waals surface area contributed by atoms with Crippen molar-refractivity contribution in [1.82, 2.24) is 4.90 Å². The minimum Gasteiger partial charge on any atom is -0.341 e. The maximum absolute atomic E-state index is 12.6. The van der Waals surface area contributed by atoms with Crippen molar-refractivity contribution < 1.29 is 14.4 Å². The topological polar surface area (TPSA) is 69.7 Å². The van der Waals surface area contributed by atoms with E-state index >= 15 is 0 Å². The number of halogens is 1. The predicted molar refractivity (Wildman–Crippen MR) is 105 cm³/mol. The molecule has 27 heavy (non-hydrogen) atoms. The van der Waals surface area contributed by atoms with E-state index in [-0.39, 0.29) is 37.1 Å². The molecule has 0 radical (unpaired) electrons. The monoisotopic (exact) mass is 385 g/mol. The molecule has 1 heterocycles. The molecule has 0 unspecified atom stereocenters. The molecule has 7 heteroatoms. The van der Waals surface area contributed by atoms with Crippen LogP contribution in [0.4, 0.5) is 11.4 Å². The Morgan fingerprint density at radius 3 is 2.59 bits per heavy atom. The smallest absolute Gasteiger partial charge is 0.244 e. The summed E-state index contributed by atoms with van der Waals surface area (Å²) >= 11 is 6.13. The molecular formula is C20H20ClN3O3. The molecule has 2 aromatic rings. The molecule has 3 rings (SSSR count). The lowest BCUT2D eigenvalue weighted by molar-refractivity contribution is -0.132. The molecule has 0 spiro atoms. The highest BCUT2D eigenvalue weighted by Gasteiger charge is 2.27. The van der Waals surface area contributed by atoms with E-state index in [9.17, 15) is 14.4 Å². The van der Waals surface area contributed by atoms with Gasteiger partial charge in [0.05, 0.1) is 11.4 Å². The van der Waals surface area contributed by atoms with Gasteiger partial charge in [0.2, 0.25) is 17.7 Å². The molecule has 0 fully saturated rings. The first kappa shape index (κ1) is 18.9. The van der Waals surface area contributed by atoms with Crippen LogP contribution in [0.3, 0.4) is 0 Å². The van der Waals surface area contributed by atoms with Crippen LogP contribution < -0.4 is 10.2 Å². The van der Waals surface area contributed by atoms with Gasteiger partial charge in [-0.2, -0.15) is 0 Å². The summed E-state index contributed by atoms with van der Waals surface area (Å²) < 4.78 is 0. The SMILES string of the molecule is CN(Cc1ccccc1Cl)C(=O)CCC(=O)N1CC(=O)Nc2ccccc21. The standard InChI is InChI=1S/C20H20ClN3O3/c1-23(12-14-6-2-3-7-15(14)21)19(26)10-11-20(27)24-13-18(25)22-16-8-4-5-9-17(16)24/h2-9H,10-13H2,1H3,(H,22,25). The van der Waals surface area contributed by atoms with E-state index in [1.54, 1.807) is 42.3 Å². The number of fused-ring (bicyclic) bond motifs is 1. The van der Waals surface area contributed by atoms with E-state index in [0.29, 0.717) is 22.9 Å². The van der Waals surface area contributed by atoms with Crippen molar-refractivity contribution in [1.29, 1.82) is 0 Å². The molecule has 140 valence electrons. The molecule has 0 bridgehead atoms. The predicted octanol–water partition coefficient (Wildman–Crippen LogP) is 3.06. The maximum atomic E-state index is 12.6. The first-order chi connectivity index (χ1) is 13.0. The Labute approximate surface area is 162 Å². The van der Waals surface area contributed by atoms with Crippen LogP contribution in [0.25, 0.3) is 0 Å². The Morgan fingerprint density at radius 1 is 1.11 bits per heavy atom. The van der Waals surface area contributed by atoms with Crippen LogP contribution in [0.5, 0.6) is 0 Å². The highest BCUT2D eigenvalue weighted by molar-refractivity contribution is 6.31. The Hall–Kier alpha value is -2.86. The van der Waals surface area contributed by atoms with Crippen molar-refractivity contribution in [3.05, 3.63) is 59.1 Å². The summed E-state index contributed by atoms with van der Waals surface area (Å²) in [4.78, 5) is 39.8. The number of hydrogen-bond acceptors (Lipinski definition) is 3. The highest BCUT2D eigenvalue weighted by Crippen LogP contribution is 2.29. The van der Waals surface area contributed by atoms with Gasteiger partial charge in [-0.1, -0.05) is 41.9 Å². The molecule has 3 amide bonds. The average molecular weight is 386 g/mol. The lowest BCUT2D eigenvalue weighted by Crippen LogP contribution is -2.42. The number of amides is 3. The number of hydrogen-bond donors (Lipinski definition) is 1. The number of benzene rings is 2. The molecule has 1 aliphatic rings. The van der Waals surface area contributed by atoms with Gasteiger partial charge in [0, 0.05) is 31.5 Å². The zero-order valence-electron chi connectivity index (χ0n) is 14.9. The van der Waals surface area contributed by atoms with Crippen LogP contribution >= 0.6 is 11.6 Å². The van der Waals surface area contributed by atoms with Crippen molar-refractivity contribution in [2.45, 2.75) is 19.4 Å². The molecule has 0 saturated heterocycles. The van der Waals surface area contributed by atoms with E-state index in [2.05, 4.69) is 5.32 Å². The fraction of sp³-hybridized carbons (Fsp3) is 0.250. The fourth-order valence-electron chi connectivity index (χ4n) is 2.97. The van der Waals surface area contributed by atoms with Crippen LogP contribution in [0.2, 0.25) is 5.02 Å². The molecule has 0 saturated carbocycles. The van der Waals surface area contributed by atoms with Gasteiger partial charge in [0.15, 0.2) is 0 Å². The van der Waals surface area contributed by atoms with Crippen molar-refractivity contribution in [2.24, 2.45) is 0 Å². The van der Waals surface area contributed by atoms with Gasteiger partial charge in [-0.05, 0) is 23.8 Å². The van der Waals surface area contributed by atoms with Crippen LogP contribution in [0, 0.1) is 0 Å². The average Bonchev–Trinajstić information content (AvgIpc) is 2.66. The summed E-state index contributed by atoms with van der Waals surface area (Å²) in [6, 6.07) is 14.4. The third-order valence-corrected chi connectivity index (χ3v) is 4.78. The zero-order valence-corrected chi connectivity index (χ0v) is 15.7. The van der Waals surface area contributed by atoms with Gasteiger partial charge in [0.25, 0.3) is 0 Å². The minimum atomic E-state index is -0.253. The van der Waals surface area contributed by atoms with E-state index in [4.69, 9.17) is 11.6 Å². The summed E-state index contributed by atoms with van der Waals surface area (Å²) in [6.45, 7) is 0.334. The van der Waals surface area contributed by atoms with Crippen molar-refractivity contribution in [3.63, 3.8) is 0 Å². The lowest BCUT2D eigenvalue weighted by Gasteiger charge is -2.29. The van der Waals surface area contributed by atoms with E-state index in [0.717, 1.165) is 5.56 Å². The van der Waals surface area contributed by atoms with E-state index < -0.39 is 0 Å². The highest BCUT2D eigenvalue weighted by atomic mass is 35.5. The second kappa shape index (κ2) is 8.22. The second-order valence-corrected chi connectivity index (χ2v) is 6.79. The van der Waals surface area contributed by atoms with Crippen molar-refractivity contribution in [2.75, 3.05) is 23.8 Å². The van der Waals surface area contributed by atoms with Crippen molar-refractivity contribution in [3.8, 4) is 0 Å². The number of carbonyl (C=O) groups is 3. The van der Waals surface area contributed by atoms with Gasteiger partial charge >= 0.3 is 0 Å². The van der Waals surface area contributed by atoms with Crippen LogP contribution in [0.1, 0.15) is 18.4 Å². The summed E-state index contributed by atoms with van der Waals surface area (Å²) in [5.41, 5.74) is 2.10.